The van der Waals surface area contributed by atoms with Gasteiger partial charge in [-0.25, -0.2) is 13.2 Å². The number of nitrogens with one attached hydrogen (secondary N) is 1. The number of ether oxygens (including phenoxy) is 1. The third kappa shape index (κ3) is 4.11. The predicted octanol–water partition coefficient (Wildman–Crippen LogP) is 3.88. The summed E-state index contributed by atoms with van der Waals surface area (Å²) >= 11 is 0. The third-order valence-electron chi connectivity index (χ3n) is 4.64. The number of allylic oxidation sites excluding steroid dienone is 1. The van der Waals surface area contributed by atoms with Gasteiger partial charge in [0.25, 0.3) is 5.91 Å². The van der Waals surface area contributed by atoms with E-state index >= 15 is 0 Å². The van der Waals surface area contributed by atoms with Gasteiger partial charge in [0.2, 0.25) is 5.91 Å². The highest BCUT2D eigenvalue weighted by molar-refractivity contribution is 6.22. The lowest BCUT2D eigenvalue weighted by molar-refractivity contribution is -0.147. The SMILES string of the molecule is CC(C)(C(=O)Nc1cc(F)cc(F)c1)N1COC(CF)=C(c2ccccc2)C1=O. The van der Waals surface area contributed by atoms with Crippen LogP contribution in [0.1, 0.15) is 19.4 Å². The molecule has 0 atom stereocenters. The number of benzene rings is 2. The van der Waals surface area contributed by atoms with E-state index in [9.17, 15) is 22.8 Å². The number of anilines is 1. The van der Waals surface area contributed by atoms with E-state index in [1.54, 1.807) is 30.3 Å². The molecule has 2 aromatic rings. The molecule has 0 fully saturated rings. The molecule has 0 saturated carbocycles. The Labute approximate surface area is 165 Å². The number of carbonyl (C=O) groups excluding carboxylic acids is 2. The van der Waals surface area contributed by atoms with Gasteiger partial charge in [-0.05, 0) is 31.5 Å². The second-order valence-electron chi connectivity index (χ2n) is 6.98. The first-order valence-electron chi connectivity index (χ1n) is 8.81. The van der Waals surface area contributed by atoms with Crippen LogP contribution in [-0.4, -0.2) is 35.7 Å². The zero-order chi connectivity index (χ0) is 21.2. The zero-order valence-corrected chi connectivity index (χ0v) is 15.8. The van der Waals surface area contributed by atoms with Crippen molar-refractivity contribution in [3.05, 3.63) is 71.5 Å². The van der Waals surface area contributed by atoms with Crippen LogP contribution in [0.4, 0.5) is 18.9 Å². The third-order valence-corrected chi connectivity index (χ3v) is 4.64. The Balaban J connectivity index is 1.89. The summed E-state index contributed by atoms with van der Waals surface area (Å²) < 4.78 is 45.6. The van der Waals surface area contributed by atoms with Crippen LogP contribution in [0, 0.1) is 11.6 Å². The van der Waals surface area contributed by atoms with Crippen LogP contribution in [-0.2, 0) is 14.3 Å². The fourth-order valence-corrected chi connectivity index (χ4v) is 2.97. The van der Waals surface area contributed by atoms with Crippen LogP contribution in [0.5, 0.6) is 0 Å². The Bertz CT molecular complexity index is 954. The summed E-state index contributed by atoms with van der Waals surface area (Å²) in [6.45, 7) is 1.61. The van der Waals surface area contributed by atoms with Crippen molar-refractivity contribution in [2.24, 2.45) is 0 Å². The van der Waals surface area contributed by atoms with Crippen LogP contribution >= 0.6 is 0 Å². The van der Waals surface area contributed by atoms with Gasteiger partial charge in [0.15, 0.2) is 6.73 Å². The summed E-state index contributed by atoms with van der Waals surface area (Å²) in [5.74, 6) is -3.08. The molecule has 5 nitrogen and oxygen atoms in total. The summed E-state index contributed by atoms with van der Waals surface area (Å²) in [4.78, 5) is 27.1. The fourth-order valence-electron chi connectivity index (χ4n) is 2.97. The molecule has 2 amide bonds. The average Bonchev–Trinajstić information content (AvgIpc) is 2.67. The molecular weight excluding hydrogens is 385 g/mol. The lowest BCUT2D eigenvalue weighted by Crippen LogP contribution is -2.57. The highest BCUT2D eigenvalue weighted by Gasteiger charge is 2.42. The summed E-state index contributed by atoms with van der Waals surface area (Å²) in [6.07, 6.45) is 0. The van der Waals surface area contributed by atoms with Crippen molar-refractivity contribution >= 4 is 23.1 Å². The van der Waals surface area contributed by atoms with Gasteiger partial charge in [0.05, 0.1) is 5.57 Å². The maximum Gasteiger partial charge on any atom is 0.261 e. The molecule has 1 N–H and O–H groups in total. The van der Waals surface area contributed by atoms with Crippen molar-refractivity contribution < 1.29 is 27.5 Å². The van der Waals surface area contributed by atoms with E-state index in [2.05, 4.69) is 5.32 Å². The Morgan fingerprint density at radius 1 is 1.14 bits per heavy atom. The number of nitrogens with zero attached hydrogens (tertiary/aromatic N) is 1. The Morgan fingerprint density at radius 2 is 1.76 bits per heavy atom. The molecule has 29 heavy (non-hydrogen) atoms. The minimum absolute atomic E-state index is 0.0250. The van der Waals surface area contributed by atoms with Gasteiger partial charge in [-0.2, -0.15) is 0 Å². The molecule has 2 aromatic carbocycles. The molecule has 152 valence electrons. The summed E-state index contributed by atoms with van der Waals surface area (Å²) in [5.41, 5.74) is -1.06. The topological polar surface area (TPSA) is 58.6 Å². The average molecular weight is 404 g/mol. The van der Waals surface area contributed by atoms with Crippen molar-refractivity contribution in [3.63, 3.8) is 0 Å². The number of hydrogen-bond acceptors (Lipinski definition) is 3. The molecule has 0 spiro atoms. The number of hydrogen-bond donors (Lipinski definition) is 1. The summed E-state index contributed by atoms with van der Waals surface area (Å²) in [6, 6.07) is 11.0. The van der Waals surface area contributed by atoms with Crippen LogP contribution in [0.25, 0.3) is 5.57 Å². The largest absolute Gasteiger partial charge is 0.474 e. The number of amides is 2. The van der Waals surface area contributed by atoms with Crippen LogP contribution in [0.15, 0.2) is 54.3 Å². The Hall–Kier alpha value is -3.29. The number of carbonyl (C=O) groups is 2. The van der Waals surface area contributed by atoms with Crippen molar-refractivity contribution in [1.82, 2.24) is 4.90 Å². The lowest BCUT2D eigenvalue weighted by Gasteiger charge is -2.40. The van der Waals surface area contributed by atoms with E-state index in [1.807, 2.05) is 0 Å². The van der Waals surface area contributed by atoms with E-state index < -0.39 is 35.7 Å². The first-order valence-corrected chi connectivity index (χ1v) is 8.81. The molecule has 0 aromatic heterocycles. The summed E-state index contributed by atoms with van der Waals surface area (Å²) in [7, 11) is 0. The number of halogens is 3. The van der Waals surface area contributed by atoms with Crippen molar-refractivity contribution in [2.75, 3.05) is 18.7 Å². The Morgan fingerprint density at radius 3 is 2.34 bits per heavy atom. The van der Waals surface area contributed by atoms with Gasteiger partial charge in [0.1, 0.15) is 29.6 Å². The Kier molecular flexibility index (Phi) is 5.63. The quantitative estimate of drug-likeness (QED) is 0.823. The van der Waals surface area contributed by atoms with Gasteiger partial charge >= 0.3 is 0 Å². The standard InChI is InChI=1S/C21H19F3N2O3/c1-21(2,20(28)25-16-9-14(23)8-15(24)10-16)26-12-29-17(11-22)18(19(26)27)13-6-4-3-5-7-13/h3-10H,11-12H2,1-2H3,(H,25,28). The second kappa shape index (κ2) is 7.98. The fraction of sp³-hybridized carbons (Fsp3) is 0.238. The van der Waals surface area contributed by atoms with E-state index in [0.29, 0.717) is 11.6 Å². The molecular formula is C21H19F3N2O3. The van der Waals surface area contributed by atoms with Crippen molar-refractivity contribution in [2.45, 2.75) is 19.4 Å². The normalized spacial score (nSPS) is 14.7. The van der Waals surface area contributed by atoms with E-state index in [4.69, 9.17) is 4.74 Å². The van der Waals surface area contributed by atoms with Gasteiger partial charge in [-0.1, -0.05) is 30.3 Å². The van der Waals surface area contributed by atoms with Crippen LogP contribution in [0.3, 0.4) is 0 Å². The molecule has 1 heterocycles. The predicted molar refractivity (Wildman–Crippen MR) is 101 cm³/mol. The smallest absolute Gasteiger partial charge is 0.261 e. The van der Waals surface area contributed by atoms with Crippen molar-refractivity contribution in [1.29, 1.82) is 0 Å². The zero-order valence-electron chi connectivity index (χ0n) is 15.8. The molecule has 3 rings (SSSR count). The summed E-state index contributed by atoms with van der Waals surface area (Å²) in [5, 5.41) is 2.40. The first-order chi connectivity index (χ1) is 13.7. The maximum atomic E-state index is 13.4. The maximum absolute atomic E-state index is 13.4. The molecule has 0 unspecified atom stereocenters. The molecule has 0 aliphatic carbocycles. The highest BCUT2D eigenvalue weighted by Crippen LogP contribution is 2.31. The van der Waals surface area contributed by atoms with Crippen LogP contribution in [0.2, 0.25) is 0 Å². The van der Waals surface area contributed by atoms with E-state index in [0.717, 1.165) is 17.0 Å². The van der Waals surface area contributed by atoms with E-state index in [1.165, 1.54) is 13.8 Å². The number of rotatable bonds is 5. The van der Waals surface area contributed by atoms with Gasteiger partial charge in [0, 0.05) is 11.8 Å². The number of alkyl halides is 1. The van der Waals surface area contributed by atoms with Gasteiger partial charge in [-0.3, -0.25) is 14.5 Å². The van der Waals surface area contributed by atoms with E-state index in [-0.39, 0.29) is 23.8 Å². The van der Waals surface area contributed by atoms with Crippen LogP contribution < -0.4 is 5.32 Å². The minimum Gasteiger partial charge on any atom is -0.474 e. The second-order valence-corrected chi connectivity index (χ2v) is 6.98. The first kappa shape index (κ1) is 20.4. The highest BCUT2D eigenvalue weighted by atomic mass is 19.1. The monoisotopic (exact) mass is 404 g/mol. The molecule has 1 aliphatic rings. The minimum atomic E-state index is -1.46. The molecule has 0 saturated heterocycles. The lowest BCUT2D eigenvalue weighted by atomic mass is 9.96. The molecule has 0 radical (unpaired) electrons. The molecule has 1 aliphatic heterocycles. The molecule has 8 heteroatoms. The van der Waals surface area contributed by atoms with Gasteiger partial charge < -0.3 is 10.1 Å². The van der Waals surface area contributed by atoms with Gasteiger partial charge in [-0.15, -0.1) is 0 Å². The van der Waals surface area contributed by atoms with Crippen molar-refractivity contribution in [3.8, 4) is 0 Å². The molecule has 0 bridgehead atoms.